The van der Waals surface area contributed by atoms with Crippen LogP contribution in [-0.4, -0.2) is 26.5 Å². The first-order valence-corrected chi connectivity index (χ1v) is 8.12. The highest BCUT2D eigenvalue weighted by Crippen LogP contribution is 2.36. The average molecular weight is 309 g/mol. The molecule has 0 amide bonds. The fourth-order valence-electron chi connectivity index (χ4n) is 2.02. The molecule has 1 N–H and O–H groups in total. The largest absolute Gasteiger partial charge is 0.416 e. The molecule has 0 aliphatic rings. The highest BCUT2D eigenvalue weighted by Gasteiger charge is 2.37. The molecule has 0 heterocycles. The van der Waals surface area contributed by atoms with Crippen LogP contribution in [0.5, 0.6) is 0 Å². The molecule has 3 nitrogen and oxygen atoms in total. The van der Waals surface area contributed by atoms with Crippen LogP contribution in [0.1, 0.15) is 31.0 Å². The van der Waals surface area contributed by atoms with Crippen molar-refractivity contribution in [2.45, 2.75) is 31.3 Å². The van der Waals surface area contributed by atoms with Gasteiger partial charge in [0.15, 0.2) is 9.84 Å². The van der Waals surface area contributed by atoms with Crippen LogP contribution in [-0.2, 0) is 16.0 Å². The molecular weight excluding hydrogens is 291 g/mol. The highest BCUT2D eigenvalue weighted by atomic mass is 32.2. The monoisotopic (exact) mass is 309 g/mol. The molecule has 0 spiro atoms. The third-order valence-electron chi connectivity index (χ3n) is 3.17. The number of sulfone groups is 1. The third kappa shape index (κ3) is 3.96. The minimum atomic E-state index is -4.51. The molecule has 0 saturated heterocycles. The molecule has 114 valence electrons. The normalized spacial score (nSPS) is 15.9. The first kappa shape index (κ1) is 17.0. The van der Waals surface area contributed by atoms with Crippen molar-refractivity contribution in [2.24, 2.45) is 0 Å². The number of benzene rings is 1. The Morgan fingerprint density at radius 2 is 1.80 bits per heavy atom. The van der Waals surface area contributed by atoms with Crippen LogP contribution in [0.2, 0.25) is 0 Å². The van der Waals surface area contributed by atoms with Gasteiger partial charge in [-0.05, 0) is 25.1 Å². The molecule has 1 rings (SSSR count). The maximum atomic E-state index is 13.0. The predicted molar refractivity (Wildman–Crippen MR) is 72.2 cm³/mol. The van der Waals surface area contributed by atoms with Crippen LogP contribution in [0.25, 0.3) is 0 Å². The third-order valence-corrected chi connectivity index (χ3v) is 4.79. The lowest BCUT2D eigenvalue weighted by Gasteiger charge is -2.26. The van der Waals surface area contributed by atoms with Gasteiger partial charge in [-0.3, -0.25) is 0 Å². The van der Waals surface area contributed by atoms with Crippen molar-refractivity contribution < 1.29 is 21.6 Å². The Kier molecular flexibility index (Phi) is 5.21. The van der Waals surface area contributed by atoms with E-state index >= 15 is 0 Å². The lowest BCUT2D eigenvalue weighted by Crippen LogP contribution is -2.36. The number of hydrogen-bond acceptors (Lipinski definition) is 3. The average Bonchev–Trinajstić information content (AvgIpc) is 2.33. The summed E-state index contributed by atoms with van der Waals surface area (Å²) in [6.07, 6.45) is -3.49. The van der Waals surface area contributed by atoms with Gasteiger partial charge in [0.25, 0.3) is 0 Å². The second-order valence-electron chi connectivity index (χ2n) is 4.66. The summed E-state index contributed by atoms with van der Waals surface area (Å²) in [4.78, 5) is 0. The molecular formula is C13H18F3NO2S. The van der Waals surface area contributed by atoms with E-state index < -0.39 is 32.9 Å². The van der Waals surface area contributed by atoms with Gasteiger partial charge in [-0.1, -0.05) is 25.1 Å². The summed E-state index contributed by atoms with van der Waals surface area (Å²) < 4.78 is 62.4. The Balaban J connectivity index is 3.37. The van der Waals surface area contributed by atoms with E-state index in [2.05, 4.69) is 5.32 Å². The van der Waals surface area contributed by atoms with Gasteiger partial charge in [-0.25, -0.2) is 8.42 Å². The Morgan fingerprint density at radius 3 is 2.25 bits per heavy atom. The zero-order valence-corrected chi connectivity index (χ0v) is 12.3. The topological polar surface area (TPSA) is 46.2 Å². The molecule has 0 fully saturated rings. The van der Waals surface area contributed by atoms with Crippen LogP contribution in [0.4, 0.5) is 13.2 Å². The van der Waals surface area contributed by atoms with E-state index in [0.717, 1.165) is 12.3 Å². The van der Waals surface area contributed by atoms with Gasteiger partial charge in [0.1, 0.15) is 0 Å². The summed E-state index contributed by atoms with van der Waals surface area (Å²) in [6.45, 7) is 3.50. The van der Waals surface area contributed by atoms with E-state index in [-0.39, 0.29) is 5.56 Å². The van der Waals surface area contributed by atoms with Gasteiger partial charge in [0, 0.05) is 12.3 Å². The molecule has 1 aromatic rings. The fourth-order valence-corrected chi connectivity index (χ4v) is 2.76. The number of alkyl halides is 3. The van der Waals surface area contributed by atoms with Gasteiger partial charge < -0.3 is 5.32 Å². The van der Waals surface area contributed by atoms with Crippen molar-refractivity contribution in [3.05, 3.63) is 35.4 Å². The molecule has 20 heavy (non-hydrogen) atoms. The smallest absolute Gasteiger partial charge is 0.309 e. The van der Waals surface area contributed by atoms with E-state index in [9.17, 15) is 21.6 Å². The molecule has 0 saturated carbocycles. The molecule has 0 bridgehead atoms. The van der Waals surface area contributed by atoms with Crippen molar-refractivity contribution in [1.29, 1.82) is 0 Å². The van der Waals surface area contributed by atoms with Gasteiger partial charge in [-0.15, -0.1) is 0 Å². The predicted octanol–water partition coefficient (Wildman–Crippen LogP) is 2.79. The van der Waals surface area contributed by atoms with Crippen molar-refractivity contribution in [3.8, 4) is 0 Å². The molecule has 2 atom stereocenters. The fraction of sp³-hybridized carbons (Fsp3) is 0.538. The van der Waals surface area contributed by atoms with Gasteiger partial charge in [0.05, 0.1) is 10.8 Å². The Morgan fingerprint density at radius 1 is 1.25 bits per heavy atom. The molecule has 0 aliphatic heterocycles. The summed E-state index contributed by atoms with van der Waals surface area (Å²) in [5, 5.41) is 1.89. The molecule has 0 aliphatic carbocycles. The van der Waals surface area contributed by atoms with Crippen LogP contribution in [0, 0.1) is 0 Å². The lowest BCUT2D eigenvalue weighted by molar-refractivity contribution is -0.138. The van der Waals surface area contributed by atoms with Crippen molar-refractivity contribution in [1.82, 2.24) is 5.32 Å². The minimum absolute atomic E-state index is 0.0419. The Bertz CT molecular complexity index is 555. The van der Waals surface area contributed by atoms with Crippen LogP contribution in [0.3, 0.4) is 0 Å². The van der Waals surface area contributed by atoms with E-state index in [1.54, 1.807) is 6.92 Å². The van der Waals surface area contributed by atoms with Gasteiger partial charge in [0.2, 0.25) is 0 Å². The minimum Gasteiger partial charge on any atom is -0.309 e. The molecule has 2 unspecified atom stereocenters. The number of nitrogens with one attached hydrogen (secondary N) is 1. The van der Waals surface area contributed by atoms with E-state index in [4.69, 9.17) is 0 Å². The van der Waals surface area contributed by atoms with Crippen molar-refractivity contribution in [3.63, 3.8) is 0 Å². The first-order chi connectivity index (χ1) is 9.09. The zero-order valence-electron chi connectivity index (χ0n) is 11.5. The quantitative estimate of drug-likeness (QED) is 0.910. The van der Waals surface area contributed by atoms with Crippen LogP contribution < -0.4 is 5.32 Å². The summed E-state index contributed by atoms with van der Waals surface area (Å²) in [6, 6.07) is 4.16. The SMILES string of the molecule is CCNC(c1ccccc1C(F)(F)F)C(C)S(C)(=O)=O. The number of hydrogen-bond donors (Lipinski definition) is 1. The molecule has 1 aromatic carbocycles. The van der Waals surface area contributed by atoms with Crippen molar-refractivity contribution in [2.75, 3.05) is 12.8 Å². The Labute approximate surface area is 117 Å². The summed E-state index contributed by atoms with van der Waals surface area (Å²) >= 11 is 0. The van der Waals surface area contributed by atoms with Gasteiger partial charge in [-0.2, -0.15) is 13.2 Å². The second-order valence-corrected chi connectivity index (χ2v) is 7.06. The van der Waals surface area contributed by atoms with Gasteiger partial charge >= 0.3 is 6.18 Å². The van der Waals surface area contributed by atoms with Crippen molar-refractivity contribution >= 4 is 9.84 Å². The number of halogens is 3. The molecule has 0 radical (unpaired) electrons. The van der Waals surface area contributed by atoms with E-state index in [1.165, 1.54) is 25.1 Å². The molecule has 0 aromatic heterocycles. The standard InChI is InChI=1S/C13H18F3NO2S/c1-4-17-12(9(2)20(3,18)19)10-7-5-6-8-11(10)13(14,15)16/h5-9,12,17H,4H2,1-3H3. The lowest BCUT2D eigenvalue weighted by atomic mass is 9.97. The van der Waals surface area contributed by atoms with Crippen LogP contribution in [0.15, 0.2) is 24.3 Å². The maximum Gasteiger partial charge on any atom is 0.416 e. The summed E-state index contributed by atoms with van der Waals surface area (Å²) in [7, 11) is -3.46. The highest BCUT2D eigenvalue weighted by molar-refractivity contribution is 7.91. The summed E-state index contributed by atoms with van der Waals surface area (Å²) in [5.74, 6) is 0. The first-order valence-electron chi connectivity index (χ1n) is 6.17. The Hall–Kier alpha value is -1.08. The zero-order chi connectivity index (χ0) is 15.6. The molecule has 7 heteroatoms. The maximum absolute atomic E-state index is 13.0. The number of rotatable bonds is 5. The van der Waals surface area contributed by atoms with E-state index in [1.807, 2.05) is 0 Å². The second kappa shape index (κ2) is 6.13. The van der Waals surface area contributed by atoms with Crippen LogP contribution >= 0.6 is 0 Å². The summed E-state index contributed by atoms with van der Waals surface area (Å²) in [5.41, 5.74) is -0.846. The van der Waals surface area contributed by atoms with E-state index in [0.29, 0.717) is 6.54 Å².